The number of aryl methyl sites for hydroxylation is 1. The molecule has 0 radical (unpaired) electrons. The molecule has 0 aliphatic heterocycles. The largest absolute Gasteiger partial charge is 0.444 e. The maximum absolute atomic E-state index is 5.56. The van der Waals surface area contributed by atoms with Crippen molar-refractivity contribution in [3.63, 3.8) is 0 Å². The van der Waals surface area contributed by atoms with Gasteiger partial charge in [0.1, 0.15) is 5.76 Å². The van der Waals surface area contributed by atoms with Gasteiger partial charge in [0.2, 0.25) is 5.89 Å². The molecule has 0 fully saturated rings. The van der Waals surface area contributed by atoms with Gasteiger partial charge in [-0.2, -0.15) is 5.10 Å². The van der Waals surface area contributed by atoms with Gasteiger partial charge in [-0.15, -0.1) is 0 Å². The highest BCUT2D eigenvalue weighted by Crippen LogP contribution is 2.19. The predicted octanol–water partition coefficient (Wildman–Crippen LogP) is 2.31. The lowest BCUT2D eigenvalue weighted by atomic mass is 10.1. The first-order chi connectivity index (χ1) is 10.4. The fraction of sp³-hybridized carbons (Fsp3) is 0.267. The number of rotatable bonds is 6. The number of H-pyrrole nitrogens is 1. The number of aromatic nitrogens is 4. The van der Waals surface area contributed by atoms with Crippen LogP contribution in [0.4, 0.5) is 0 Å². The molecule has 3 rings (SSSR count). The van der Waals surface area contributed by atoms with Crippen molar-refractivity contribution in [1.29, 1.82) is 0 Å². The number of pyridine rings is 1. The number of hydrogen-bond acceptors (Lipinski definition) is 5. The van der Waals surface area contributed by atoms with Crippen LogP contribution in [0.25, 0.3) is 11.3 Å². The zero-order valence-electron chi connectivity index (χ0n) is 11.8. The fourth-order valence-corrected chi connectivity index (χ4v) is 2.10. The van der Waals surface area contributed by atoms with Crippen LogP contribution in [-0.2, 0) is 19.5 Å². The second kappa shape index (κ2) is 6.32. The van der Waals surface area contributed by atoms with Gasteiger partial charge in [-0.05, 0) is 12.1 Å². The lowest BCUT2D eigenvalue weighted by molar-refractivity contribution is 0.439. The van der Waals surface area contributed by atoms with Crippen LogP contribution < -0.4 is 5.32 Å². The SMILES string of the molecule is CCc1cnc(CNCc2cn[nH]c2-c2cccnc2)o1. The molecular weight excluding hydrogens is 266 g/mol. The Kier molecular flexibility index (Phi) is 4.07. The van der Waals surface area contributed by atoms with Crippen LogP contribution in [0.1, 0.15) is 24.1 Å². The summed E-state index contributed by atoms with van der Waals surface area (Å²) in [5.74, 6) is 1.62. The van der Waals surface area contributed by atoms with Crippen molar-refractivity contribution < 1.29 is 4.42 Å². The molecular formula is C15H17N5O. The highest BCUT2D eigenvalue weighted by atomic mass is 16.4. The third-order valence-electron chi connectivity index (χ3n) is 3.21. The molecule has 108 valence electrons. The monoisotopic (exact) mass is 283 g/mol. The lowest BCUT2D eigenvalue weighted by Gasteiger charge is -2.04. The standard InChI is InChI=1S/C15H17N5O/c1-2-13-9-18-14(21-13)10-17-7-12-8-19-20-15(12)11-4-3-5-16-6-11/h3-6,8-9,17H,2,7,10H2,1H3,(H,19,20). The molecule has 0 aliphatic rings. The number of hydrogen-bond donors (Lipinski definition) is 2. The van der Waals surface area contributed by atoms with Crippen molar-refractivity contribution in [2.24, 2.45) is 0 Å². The van der Waals surface area contributed by atoms with Gasteiger partial charge in [0.05, 0.1) is 24.6 Å². The van der Waals surface area contributed by atoms with Crippen LogP contribution in [0.15, 0.2) is 41.3 Å². The Hall–Kier alpha value is -2.47. The Morgan fingerprint density at radius 2 is 2.19 bits per heavy atom. The molecule has 0 aromatic carbocycles. The van der Waals surface area contributed by atoms with Crippen LogP contribution in [-0.4, -0.2) is 20.2 Å². The Morgan fingerprint density at radius 3 is 2.95 bits per heavy atom. The summed E-state index contributed by atoms with van der Waals surface area (Å²) in [5, 5.41) is 10.4. The smallest absolute Gasteiger partial charge is 0.208 e. The van der Waals surface area contributed by atoms with Crippen molar-refractivity contribution in [2.75, 3.05) is 0 Å². The van der Waals surface area contributed by atoms with E-state index in [0.717, 1.165) is 29.0 Å². The van der Waals surface area contributed by atoms with Crippen molar-refractivity contribution in [3.05, 3.63) is 54.1 Å². The number of oxazole rings is 1. The minimum atomic E-state index is 0.595. The van der Waals surface area contributed by atoms with Gasteiger partial charge in [0, 0.05) is 36.5 Å². The van der Waals surface area contributed by atoms with E-state index in [2.05, 4.69) is 25.5 Å². The molecule has 0 amide bonds. The quantitative estimate of drug-likeness (QED) is 0.725. The van der Waals surface area contributed by atoms with Crippen molar-refractivity contribution >= 4 is 0 Å². The summed E-state index contributed by atoms with van der Waals surface area (Å²) in [6, 6.07) is 3.91. The van der Waals surface area contributed by atoms with Gasteiger partial charge >= 0.3 is 0 Å². The highest BCUT2D eigenvalue weighted by Gasteiger charge is 2.08. The summed E-state index contributed by atoms with van der Waals surface area (Å²) >= 11 is 0. The summed E-state index contributed by atoms with van der Waals surface area (Å²) in [5.41, 5.74) is 3.10. The predicted molar refractivity (Wildman–Crippen MR) is 78.2 cm³/mol. The molecule has 0 saturated heterocycles. The van der Waals surface area contributed by atoms with Gasteiger partial charge in [0.15, 0.2) is 0 Å². The third-order valence-corrected chi connectivity index (χ3v) is 3.21. The molecule has 6 nitrogen and oxygen atoms in total. The Balaban J connectivity index is 1.62. The zero-order chi connectivity index (χ0) is 14.5. The van der Waals surface area contributed by atoms with Crippen molar-refractivity contribution in [3.8, 4) is 11.3 Å². The summed E-state index contributed by atoms with van der Waals surface area (Å²) in [7, 11) is 0. The molecule has 2 N–H and O–H groups in total. The van der Waals surface area contributed by atoms with Crippen molar-refractivity contribution in [2.45, 2.75) is 26.4 Å². The molecule has 21 heavy (non-hydrogen) atoms. The molecule has 0 atom stereocenters. The maximum Gasteiger partial charge on any atom is 0.208 e. The molecule has 6 heteroatoms. The van der Waals surface area contributed by atoms with Crippen LogP contribution in [0.5, 0.6) is 0 Å². The molecule has 3 aromatic rings. The zero-order valence-corrected chi connectivity index (χ0v) is 11.8. The molecule has 0 aliphatic carbocycles. The minimum Gasteiger partial charge on any atom is -0.444 e. The average Bonchev–Trinajstić information content (AvgIpc) is 3.17. The van der Waals surface area contributed by atoms with Gasteiger partial charge in [-0.1, -0.05) is 6.92 Å². The Bertz CT molecular complexity index is 689. The maximum atomic E-state index is 5.56. The van der Waals surface area contributed by atoms with Gasteiger partial charge in [-0.3, -0.25) is 10.1 Å². The fourth-order valence-electron chi connectivity index (χ4n) is 2.10. The van der Waals surface area contributed by atoms with E-state index >= 15 is 0 Å². The van der Waals surface area contributed by atoms with Gasteiger partial charge < -0.3 is 9.73 Å². The van der Waals surface area contributed by atoms with E-state index in [9.17, 15) is 0 Å². The van der Waals surface area contributed by atoms with E-state index in [1.54, 1.807) is 12.4 Å². The van der Waals surface area contributed by atoms with Crippen molar-refractivity contribution in [1.82, 2.24) is 25.5 Å². The summed E-state index contributed by atoms with van der Waals surface area (Å²) in [6.45, 7) is 3.32. The van der Waals surface area contributed by atoms with E-state index in [0.29, 0.717) is 19.0 Å². The molecule has 0 bridgehead atoms. The minimum absolute atomic E-state index is 0.595. The van der Waals surface area contributed by atoms with Crippen LogP contribution in [0.2, 0.25) is 0 Å². The molecule has 0 spiro atoms. The van der Waals surface area contributed by atoms with E-state index in [-0.39, 0.29) is 0 Å². The van der Waals surface area contributed by atoms with Crippen LogP contribution in [0, 0.1) is 0 Å². The van der Waals surface area contributed by atoms with Crippen LogP contribution in [0.3, 0.4) is 0 Å². The van der Waals surface area contributed by atoms with E-state index < -0.39 is 0 Å². The number of nitrogens with zero attached hydrogens (tertiary/aromatic N) is 3. The average molecular weight is 283 g/mol. The summed E-state index contributed by atoms with van der Waals surface area (Å²) < 4.78 is 5.56. The Morgan fingerprint density at radius 1 is 1.24 bits per heavy atom. The second-order valence-electron chi connectivity index (χ2n) is 4.69. The van der Waals surface area contributed by atoms with Gasteiger partial charge in [-0.25, -0.2) is 4.98 Å². The number of aromatic amines is 1. The van der Waals surface area contributed by atoms with E-state index in [4.69, 9.17) is 4.42 Å². The first-order valence-electron chi connectivity index (χ1n) is 6.93. The topological polar surface area (TPSA) is 79.6 Å². The molecule has 3 heterocycles. The van der Waals surface area contributed by atoms with Gasteiger partial charge in [0.25, 0.3) is 0 Å². The normalized spacial score (nSPS) is 10.9. The first kappa shape index (κ1) is 13.5. The Labute approximate surface area is 122 Å². The third kappa shape index (κ3) is 3.17. The van der Waals surface area contributed by atoms with Crippen LogP contribution >= 0.6 is 0 Å². The summed E-state index contributed by atoms with van der Waals surface area (Å²) in [6.07, 6.45) is 8.03. The number of nitrogens with one attached hydrogen (secondary N) is 2. The highest BCUT2D eigenvalue weighted by molar-refractivity contribution is 5.61. The van der Waals surface area contributed by atoms with E-state index in [1.807, 2.05) is 31.5 Å². The molecule has 3 aromatic heterocycles. The second-order valence-corrected chi connectivity index (χ2v) is 4.69. The van der Waals surface area contributed by atoms with E-state index in [1.165, 1.54) is 0 Å². The molecule has 0 unspecified atom stereocenters. The summed E-state index contributed by atoms with van der Waals surface area (Å²) in [4.78, 5) is 8.35. The first-order valence-corrected chi connectivity index (χ1v) is 6.93. The lowest BCUT2D eigenvalue weighted by Crippen LogP contribution is -2.13. The molecule has 0 saturated carbocycles.